The van der Waals surface area contributed by atoms with Gasteiger partial charge in [0, 0.05) is 18.1 Å². The second kappa shape index (κ2) is 6.85. The van der Waals surface area contributed by atoms with Crippen LogP contribution >= 0.6 is 11.6 Å². The lowest BCUT2D eigenvalue weighted by Gasteiger charge is -2.34. The highest BCUT2D eigenvalue weighted by Gasteiger charge is 2.23. The van der Waals surface area contributed by atoms with E-state index in [1.165, 1.54) is 25.5 Å². The van der Waals surface area contributed by atoms with Crippen LogP contribution in [-0.2, 0) is 9.53 Å². The Morgan fingerprint density at radius 2 is 2.40 bits per heavy atom. The number of hydrogen-bond donors (Lipinski definition) is 0. The summed E-state index contributed by atoms with van der Waals surface area (Å²) >= 11 is 5.50. The molecular weight excluding hydrogens is 214 g/mol. The second-order valence-corrected chi connectivity index (χ2v) is 4.04. The van der Waals surface area contributed by atoms with Gasteiger partial charge in [-0.15, -0.1) is 0 Å². The minimum absolute atomic E-state index is 0.123. The first-order chi connectivity index (χ1) is 7.27. The van der Waals surface area contributed by atoms with Gasteiger partial charge in [0.05, 0.1) is 13.5 Å². The SMILES string of the molecule is COC(=O)CC1CCCCN1C/C=C/Cl. The number of carbonyl (C=O) groups is 1. The molecule has 1 heterocycles. The van der Waals surface area contributed by atoms with E-state index < -0.39 is 0 Å². The molecule has 0 aromatic heterocycles. The van der Waals surface area contributed by atoms with E-state index in [1.807, 2.05) is 6.08 Å². The van der Waals surface area contributed by atoms with Gasteiger partial charge in [0.25, 0.3) is 0 Å². The summed E-state index contributed by atoms with van der Waals surface area (Å²) in [6, 6.07) is 0.319. The third-order valence-electron chi connectivity index (χ3n) is 2.81. The van der Waals surface area contributed by atoms with Crippen LogP contribution in [-0.4, -0.2) is 37.1 Å². The predicted molar refractivity (Wildman–Crippen MR) is 60.8 cm³/mol. The molecule has 0 aromatic carbocycles. The number of hydrogen-bond acceptors (Lipinski definition) is 3. The zero-order valence-corrected chi connectivity index (χ0v) is 9.87. The zero-order valence-electron chi connectivity index (χ0n) is 9.12. The molecule has 1 saturated heterocycles. The van der Waals surface area contributed by atoms with Crippen LogP contribution in [0.15, 0.2) is 11.6 Å². The lowest BCUT2D eigenvalue weighted by molar-refractivity contribution is -0.142. The van der Waals surface area contributed by atoms with Crippen LogP contribution < -0.4 is 0 Å². The van der Waals surface area contributed by atoms with Crippen molar-refractivity contribution in [2.75, 3.05) is 20.2 Å². The Morgan fingerprint density at radius 3 is 3.07 bits per heavy atom. The van der Waals surface area contributed by atoms with E-state index >= 15 is 0 Å². The Kier molecular flexibility index (Phi) is 5.73. The maximum absolute atomic E-state index is 11.2. The monoisotopic (exact) mass is 231 g/mol. The van der Waals surface area contributed by atoms with Crippen LogP contribution in [0.4, 0.5) is 0 Å². The van der Waals surface area contributed by atoms with Gasteiger partial charge in [-0.2, -0.15) is 0 Å². The molecule has 1 aliphatic rings. The summed E-state index contributed by atoms with van der Waals surface area (Å²) in [5.74, 6) is -0.123. The van der Waals surface area contributed by atoms with Gasteiger partial charge < -0.3 is 4.74 Å². The number of nitrogens with zero attached hydrogens (tertiary/aromatic N) is 1. The normalized spacial score (nSPS) is 23.2. The first kappa shape index (κ1) is 12.5. The molecule has 0 saturated carbocycles. The molecule has 0 aliphatic carbocycles. The average molecular weight is 232 g/mol. The summed E-state index contributed by atoms with van der Waals surface area (Å²) in [6.45, 7) is 1.87. The first-order valence-electron chi connectivity index (χ1n) is 5.34. The van der Waals surface area contributed by atoms with Gasteiger partial charge in [0.2, 0.25) is 0 Å². The third-order valence-corrected chi connectivity index (χ3v) is 2.99. The molecular formula is C11H18ClNO2. The highest BCUT2D eigenvalue weighted by atomic mass is 35.5. The van der Waals surface area contributed by atoms with Crippen molar-refractivity contribution in [3.05, 3.63) is 11.6 Å². The van der Waals surface area contributed by atoms with E-state index in [2.05, 4.69) is 4.90 Å². The van der Waals surface area contributed by atoms with Crippen molar-refractivity contribution in [1.29, 1.82) is 0 Å². The number of halogens is 1. The number of esters is 1. The van der Waals surface area contributed by atoms with Crippen LogP contribution in [0, 0.1) is 0 Å². The van der Waals surface area contributed by atoms with Crippen molar-refractivity contribution in [2.24, 2.45) is 0 Å². The second-order valence-electron chi connectivity index (χ2n) is 3.79. The van der Waals surface area contributed by atoms with E-state index in [9.17, 15) is 4.79 Å². The summed E-state index contributed by atoms with van der Waals surface area (Å²) in [6.07, 6.45) is 5.88. The average Bonchev–Trinajstić information content (AvgIpc) is 2.28. The Labute approximate surface area is 96.0 Å². The largest absolute Gasteiger partial charge is 0.469 e. The minimum atomic E-state index is -0.123. The highest BCUT2D eigenvalue weighted by Crippen LogP contribution is 2.19. The number of likely N-dealkylation sites (tertiary alicyclic amines) is 1. The van der Waals surface area contributed by atoms with E-state index in [0.717, 1.165) is 19.5 Å². The molecule has 1 unspecified atom stereocenters. The van der Waals surface area contributed by atoms with Crippen molar-refractivity contribution in [1.82, 2.24) is 4.90 Å². The van der Waals surface area contributed by atoms with Crippen molar-refractivity contribution in [2.45, 2.75) is 31.7 Å². The molecule has 0 bridgehead atoms. The smallest absolute Gasteiger partial charge is 0.307 e. The van der Waals surface area contributed by atoms with Gasteiger partial charge in [0.15, 0.2) is 0 Å². The van der Waals surface area contributed by atoms with Gasteiger partial charge in [0.1, 0.15) is 0 Å². The molecule has 1 aliphatic heterocycles. The van der Waals surface area contributed by atoms with Gasteiger partial charge in [-0.25, -0.2) is 0 Å². The Balaban J connectivity index is 2.45. The number of rotatable bonds is 4. The number of methoxy groups -OCH3 is 1. The summed E-state index contributed by atoms with van der Waals surface area (Å²) in [5, 5.41) is 0. The maximum Gasteiger partial charge on any atom is 0.307 e. The topological polar surface area (TPSA) is 29.5 Å². The molecule has 15 heavy (non-hydrogen) atoms. The van der Waals surface area contributed by atoms with Crippen molar-refractivity contribution < 1.29 is 9.53 Å². The Bertz CT molecular complexity index is 231. The summed E-state index contributed by atoms with van der Waals surface area (Å²) < 4.78 is 4.70. The lowest BCUT2D eigenvalue weighted by atomic mass is 9.99. The van der Waals surface area contributed by atoms with Gasteiger partial charge >= 0.3 is 5.97 Å². The van der Waals surface area contributed by atoms with Crippen LogP contribution in [0.25, 0.3) is 0 Å². The molecule has 0 N–H and O–H groups in total. The van der Waals surface area contributed by atoms with Gasteiger partial charge in [-0.3, -0.25) is 9.69 Å². The van der Waals surface area contributed by atoms with Gasteiger partial charge in [-0.1, -0.05) is 24.1 Å². The van der Waals surface area contributed by atoms with Crippen LogP contribution in [0.1, 0.15) is 25.7 Å². The van der Waals surface area contributed by atoms with Crippen molar-refractivity contribution in [3.63, 3.8) is 0 Å². The fourth-order valence-electron chi connectivity index (χ4n) is 1.98. The van der Waals surface area contributed by atoms with E-state index in [4.69, 9.17) is 16.3 Å². The molecule has 1 rings (SSSR count). The number of ether oxygens (including phenoxy) is 1. The predicted octanol–water partition coefficient (Wildman–Crippen LogP) is 2.16. The molecule has 0 radical (unpaired) electrons. The molecule has 86 valence electrons. The quantitative estimate of drug-likeness (QED) is 0.695. The summed E-state index contributed by atoms with van der Waals surface area (Å²) in [4.78, 5) is 13.5. The molecule has 1 fully saturated rings. The minimum Gasteiger partial charge on any atom is -0.469 e. The van der Waals surface area contributed by atoms with Crippen LogP contribution in [0.3, 0.4) is 0 Å². The standard InChI is InChI=1S/C11H18ClNO2/c1-15-11(14)9-10-5-2-3-7-13(10)8-4-6-12/h4,6,10H,2-3,5,7-9H2,1H3/b6-4+. The summed E-state index contributed by atoms with van der Waals surface area (Å²) in [5.41, 5.74) is 1.53. The van der Waals surface area contributed by atoms with Gasteiger partial charge in [-0.05, 0) is 19.4 Å². The molecule has 0 aromatic rings. The van der Waals surface area contributed by atoms with E-state index in [-0.39, 0.29) is 5.97 Å². The molecule has 4 heteroatoms. The maximum atomic E-state index is 11.2. The molecule has 1 atom stereocenters. The number of piperidine rings is 1. The first-order valence-corrected chi connectivity index (χ1v) is 5.77. The fourth-order valence-corrected chi connectivity index (χ4v) is 2.06. The highest BCUT2D eigenvalue weighted by molar-refractivity contribution is 6.25. The zero-order chi connectivity index (χ0) is 11.1. The Morgan fingerprint density at radius 1 is 1.60 bits per heavy atom. The van der Waals surface area contributed by atoms with E-state index in [1.54, 1.807) is 0 Å². The van der Waals surface area contributed by atoms with Crippen LogP contribution in [0.2, 0.25) is 0 Å². The lowest BCUT2D eigenvalue weighted by Crippen LogP contribution is -2.40. The van der Waals surface area contributed by atoms with Crippen LogP contribution in [0.5, 0.6) is 0 Å². The van der Waals surface area contributed by atoms with E-state index in [0.29, 0.717) is 12.5 Å². The van der Waals surface area contributed by atoms with Crippen molar-refractivity contribution in [3.8, 4) is 0 Å². The Hall–Kier alpha value is -0.540. The van der Waals surface area contributed by atoms with Crippen molar-refractivity contribution >= 4 is 17.6 Å². The molecule has 0 amide bonds. The summed E-state index contributed by atoms with van der Waals surface area (Å²) in [7, 11) is 1.44. The fraction of sp³-hybridized carbons (Fsp3) is 0.727. The third kappa shape index (κ3) is 4.22. The molecule has 3 nitrogen and oxygen atoms in total. The molecule has 0 spiro atoms. The number of carbonyl (C=O) groups excluding carboxylic acids is 1.